The van der Waals surface area contributed by atoms with Crippen molar-refractivity contribution in [1.29, 1.82) is 0 Å². The number of benzene rings is 1. The van der Waals surface area contributed by atoms with Crippen molar-refractivity contribution in [2.24, 2.45) is 0 Å². The van der Waals surface area contributed by atoms with Gasteiger partial charge in [0.1, 0.15) is 6.61 Å². The van der Waals surface area contributed by atoms with Gasteiger partial charge in [0.2, 0.25) is 5.91 Å². The molecular weight excluding hydrogens is 396 g/mol. The monoisotopic (exact) mass is 414 g/mol. The summed E-state index contributed by atoms with van der Waals surface area (Å²) < 4.78 is 5.29. The van der Waals surface area contributed by atoms with Crippen LogP contribution in [0.4, 0.5) is 16.0 Å². The molecule has 2 heterocycles. The van der Waals surface area contributed by atoms with Gasteiger partial charge in [-0.25, -0.2) is 14.8 Å². The Hall–Kier alpha value is -3.04. The molecular formula is C19H18N4O3S2. The zero-order valence-electron chi connectivity index (χ0n) is 15.1. The van der Waals surface area contributed by atoms with E-state index < -0.39 is 5.97 Å². The first-order chi connectivity index (χ1) is 13.6. The fraction of sp³-hybridized carbons (Fsp3) is 0.158. The Morgan fingerprint density at radius 2 is 2.00 bits per heavy atom. The molecule has 0 atom stereocenters. The number of nitrogens with one attached hydrogen (secondary N) is 1. The Kier molecular flexibility index (Phi) is 6.51. The number of ether oxygens (including phenoxy) is 1. The summed E-state index contributed by atoms with van der Waals surface area (Å²) in [5, 5.41) is 7.56. The van der Waals surface area contributed by atoms with Gasteiger partial charge in [-0.15, -0.1) is 29.3 Å². The molecule has 1 N–H and O–H groups in total. The molecule has 1 amide bonds. The molecule has 2 aromatic heterocycles. The van der Waals surface area contributed by atoms with Gasteiger partial charge in [-0.2, -0.15) is 0 Å². The van der Waals surface area contributed by atoms with E-state index in [4.69, 9.17) is 4.74 Å². The lowest BCUT2D eigenvalue weighted by molar-refractivity contribution is -0.115. The van der Waals surface area contributed by atoms with Gasteiger partial charge in [-0.3, -0.25) is 9.69 Å². The molecule has 0 aliphatic carbocycles. The van der Waals surface area contributed by atoms with E-state index in [-0.39, 0.29) is 18.2 Å². The van der Waals surface area contributed by atoms with Crippen LogP contribution < -0.4 is 10.2 Å². The van der Waals surface area contributed by atoms with Gasteiger partial charge in [-0.05, 0) is 12.1 Å². The summed E-state index contributed by atoms with van der Waals surface area (Å²) in [5.41, 5.74) is 1.53. The van der Waals surface area contributed by atoms with Crippen molar-refractivity contribution in [2.75, 3.05) is 16.8 Å². The van der Waals surface area contributed by atoms with Crippen molar-refractivity contribution < 1.29 is 14.3 Å². The van der Waals surface area contributed by atoms with Gasteiger partial charge in [0.15, 0.2) is 16.0 Å². The molecule has 9 heteroatoms. The maximum absolute atomic E-state index is 12.2. The zero-order valence-corrected chi connectivity index (χ0v) is 16.8. The number of esters is 1. The predicted molar refractivity (Wildman–Crippen MR) is 111 cm³/mol. The number of nitrogens with zero attached hydrogens (tertiary/aromatic N) is 3. The number of carbonyl (C=O) groups excluding carboxylic acids is 2. The number of amides is 1. The number of hydrogen-bond acceptors (Lipinski definition) is 8. The summed E-state index contributed by atoms with van der Waals surface area (Å²) in [7, 11) is 0. The maximum atomic E-state index is 12.2. The molecule has 7 nitrogen and oxygen atoms in total. The van der Waals surface area contributed by atoms with Gasteiger partial charge in [-0.1, -0.05) is 24.3 Å². The third kappa shape index (κ3) is 4.81. The summed E-state index contributed by atoms with van der Waals surface area (Å²) in [6, 6.07) is 9.26. The normalized spacial score (nSPS) is 10.3. The van der Waals surface area contributed by atoms with Crippen molar-refractivity contribution in [1.82, 2.24) is 9.97 Å². The van der Waals surface area contributed by atoms with Crippen LogP contribution in [0.5, 0.6) is 0 Å². The van der Waals surface area contributed by atoms with E-state index in [1.807, 2.05) is 30.3 Å². The zero-order chi connectivity index (χ0) is 19.9. The van der Waals surface area contributed by atoms with E-state index >= 15 is 0 Å². The topological polar surface area (TPSA) is 84.4 Å². The average Bonchev–Trinajstić information content (AvgIpc) is 3.35. The minimum atomic E-state index is -0.524. The summed E-state index contributed by atoms with van der Waals surface area (Å²) in [6.07, 6.45) is 1.71. The van der Waals surface area contributed by atoms with Crippen LogP contribution in [-0.2, 0) is 16.1 Å². The van der Waals surface area contributed by atoms with Crippen LogP contribution in [0.3, 0.4) is 0 Å². The molecule has 1 aromatic carbocycles. The fourth-order valence-corrected chi connectivity index (χ4v) is 3.85. The number of para-hydroxylation sites is 1. The van der Waals surface area contributed by atoms with Crippen molar-refractivity contribution in [2.45, 2.75) is 13.5 Å². The first-order valence-electron chi connectivity index (χ1n) is 8.36. The highest BCUT2D eigenvalue weighted by molar-refractivity contribution is 7.14. The molecule has 0 fully saturated rings. The van der Waals surface area contributed by atoms with Gasteiger partial charge >= 0.3 is 5.97 Å². The summed E-state index contributed by atoms with van der Waals surface area (Å²) in [6.45, 7) is 5.67. The van der Waals surface area contributed by atoms with Crippen LogP contribution in [0.1, 0.15) is 23.1 Å². The SMILES string of the molecule is C=CCNc1nc(C(=O)OCc2csc(N(C(C)=O)c3ccccc3)n2)cs1. The first kappa shape index (κ1) is 19.7. The number of rotatable bonds is 8. The Morgan fingerprint density at radius 1 is 1.21 bits per heavy atom. The highest BCUT2D eigenvalue weighted by Gasteiger charge is 2.18. The number of anilines is 3. The lowest BCUT2D eigenvalue weighted by Gasteiger charge is -2.17. The minimum Gasteiger partial charge on any atom is -0.454 e. The van der Waals surface area contributed by atoms with E-state index in [0.29, 0.717) is 22.5 Å². The van der Waals surface area contributed by atoms with Crippen molar-refractivity contribution in [3.05, 3.63) is 65.1 Å². The Balaban J connectivity index is 1.64. The van der Waals surface area contributed by atoms with Crippen LogP contribution in [0, 0.1) is 0 Å². The van der Waals surface area contributed by atoms with E-state index in [9.17, 15) is 9.59 Å². The number of aromatic nitrogens is 2. The van der Waals surface area contributed by atoms with Crippen LogP contribution >= 0.6 is 22.7 Å². The second-order valence-electron chi connectivity index (χ2n) is 5.60. The minimum absolute atomic E-state index is 0.00279. The summed E-state index contributed by atoms with van der Waals surface area (Å²) >= 11 is 2.63. The number of hydrogen-bond donors (Lipinski definition) is 1. The molecule has 0 saturated heterocycles. The molecule has 0 aliphatic heterocycles. The Labute approximate surface area is 170 Å². The maximum Gasteiger partial charge on any atom is 0.358 e. The highest BCUT2D eigenvalue weighted by atomic mass is 32.1. The van der Waals surface area contributed by atoms with Crippen LogP contribution in [0.15, 0.2) is 53.7 Å². The van der Waals surface area contributed by atoms with Crippen LogP contribution in [-0.4, -0.2) is 28.4 Å². The van der Waals surface area contributed by atoms with E-state index in [0.717, 1.165) is 5.69 Å². The molecule has 0 saturated carbocycles. The average molecular weight is 415 g/mol. The third-order valence-electron chi connectivity index (χ3n) is 3.52. The van der Waals surface area contributed by atoms with E-state index in [2.05, 4.69) is 21.9 Å². The van der Waals surface area contributed by atoms with Gasteiger partial charge < -0.3 is 10.1 Å². The molecule has 0 spiro atoms. The number of thiazole rings is 2. The van der Waals surface area contributed by atoms with Gasteiger partial charge in [0.05, 0.1) is 11.4 Å². The standard InChI is InChI=1S/C19H18N4O3S2/c1-3-9-20-18-22-16(12-27-18)17(25)26-10-14-11-28-19(21-14)23(13(2)24)15-7-5-4-6-8-15/h3-8,11-12H,1,9-10H2,2H3,(H,20,22). The Bertz CT molecular complexity index is 968. The smallest absolute Gasteiger partial charge is 0.358 e. The first-order valence-corrected chi connectivity index (χ1v) is 10.1. The molecule has 3 rings (SSSR count). The summed E-state index contributed by atoms with van der Waals surface area (Å²) in [5.74, 6) is -0.671. The molecule has 0 aliphatic rings. The second-order valence-corrected chi connectivity index (χ2v) is 7.29. The molecule has 0 bridgehead atoms. The van der Waals surface area contributed by atoms with Crippen molar-refractivity contribution >= 4 is 50.5 Å². The van der Waals surface area contributed by atoms with E-state index in [1.54, 1.807) is 16.8 Å². The quantitative estimate of drug-likeness (QED) is 0.438. The summed E-state index contributed by atoms with van der Waals surface area (Å²) in [4.78, 5) is 34.3. The molecule has 144 valence electrons. The highest BCUT2D eigenvalue weighted by Crippen LogP contribution is 2.29. The molecule has 28 heavy (non-hydrogen) atoms. The molecule has 0 unspecified atom stereocenters. The lowest BCUT2D eigenvalue weighted by atomic mass is 10.3. The predicted octanol–water partition coefficient (Wildman–Crippen LogP) is 4.24. The van der Waals surface area contributed by atoms with Crippen LogP contribution in [0.25, 0.3) is 0 Å². The van der Waals surface area contributed by atoms with Crippen molar-refractivity contribution in [3.8, 4) is 0 Å². The van der Waals surface area contributed by atoms with Gasteiger partial charge in [0.25, 0.3) is 0 Å². The lowest BCUT2D eigenvalue weighted by Crippen LogP contribution is -2.22. The largest absolute Gasteiger partial charge is 0.454 e. The van der Waals surface area contributed by atoms with E-state index in [1.165, 1.54) is 34.5 Å². The fourth-order valence-electron chi connectivity index (χ4n) is 2.29. The third-order valence-corrected chi connectivity index (χ3v) is 5.20. The van der Waals surface area contributed by atoms with Crippen molar-refractivity contribution in [3.63, 3.8) is 0 Å². The second kappa shape index (κ2) is 9.25. The number of carbonyl (C=O) groups is 2. The van der Waals surface area contributed by atoms with Crippen LogP contribution in [0.2, 0.25) is 0 Å². The Morgan fingerprint density at radius 3 is 2.71 bits per heavy atom. The molecule has 0 radical (unpaired) electrons. The molecule has 3 aromatic rings. The van der Waals surface area contributed by atoms with Gasteiger partial charge in [0, 0.05) is 24.2 Å².